The highest BCUT2D eigenvalue weighted by atomic mass is 32.1. The normalized spacial score (nSPS) is 13.2. The molecule has 2 aromatic rings. The number of carboxylic acids is 1. The van der Waals surface area contributed by atoms with Gasteiger partial charge in [-0.05, 0) is 24.2 Å². The number of rotatable bonds is 12. The minimum Gasteiger partial charge on any atom is -0.494 e. The molecule has 0 saturated carbocycles. The summed E-state index contributed by atoms with van der Waals surface area (Å²) in [6, 6.07) is 9.27. The highest BCUT2D eigenvalue weighted by Gasteiger charge is 2.26. The van der Waals surface area contributed by atoms with Crippen LogP contribution in [0.2, 0.25) is 0 Å². The Bertz CT molecular complexity index is 878. The van der Waals surface area contributed by atoms with E-state index in [1.807, 2.05) is 30.3 Å². The molecule has 0 radical (unpaired) electrons. The van der Waals surface area contributed by atoms with Gasteiger partial charge in [0.05, 0.1) is 18.1 Å². The van der Waals surface area contributed by atoms with Crippen molar-refractivity contribution in [3.63, 3.8) is 0 Å². The molecule has 0 bridgehead atoms. The molecule has 1 aromatic carbocycles. The molecule has 29 heavy (non-hydrogen) atoms. The number of nitrogens with zero attached hydrogens (tertiary/aromatic N) is 1. The number of Topliss-reactive ketones (excluding diaryl/α,β-unsaturated/α-hetero) is 1. The van der Waals surface area contributed by atoms with Gasteiger partial charge in [0.2, 0.25) is 5.88 Å². The van der Waals surface area contributed by atoms with Gasteiger partial charge in [-0.25, -0.2) is 0 Å². The van der Waals surface area contributed by atoms with Crippen molar-refractivity contribution in [3.8, 4) is 5.88 Å². The second-order valence-electron chi connectivity index (χ2n) is 6.42. The van der Waals surface area contributed by atoms with Gasteiger partial charge in [0.25, 0.3) is 0 Å². The third-order valence-corrected chi connectivity index (χ3v) is 5.58. The quantitative estimate of drug-likeness (QED) is 0.368. The molecule has 0 aliphatic carbocycles. The fourth-order valence-electron chi connectivity index (χ4n) is 2.58. The predicted octanol–water partition coefficient (Wildman–Crippen LogP) is 1.90. The van der Waals surface area contributed by atoms with Gasteiger partial charge in [-0.3, -0.25) is 14.2 Å². The van der Waals surface area contributed by atoms with Gasteiger partial charge in [-0.2, -0.15) is 0 Å². The third kappa shape index (κ3) is 7.02. The Balaban J connectivity index is 1.88. The van der Waals surface area contributed by atoms with E-state index in [1.165, 1.54) is 4.57 Å². The van der Waals surface area contributed by atoms with E-state index in [4.69, 9.17) is 22.1 Å². The smallest absolute Gasteiger partial charge is 0.303 e. The molecule has 2 rings (SSSR count). The summed E-state index contributed by atoms with van der Waals surface area (Å²) in [6.07, 6.45) is -3.16. The van der Waals surface area contributed by atoms with Crippen LogP contribution in [0.5, 0.6) is 5.88 Å². The number of carbonyl (C=O) groups is 2. The standard InChI is InChI=1S/C19H23NO7S2/c21-13(17(25)14(22)11-27-10-12-5-2-1-3-6-12)9-15-18(26)20(19(28)29-15)8-4-7-16(23)24/h1-3,5-6,14,17,22,25-26H,4,7-11H2,(H,23,24). The lowest BCUT2D eigenvalue weighted by molar-refractivity contribution is -0.137. The van der Waals surface area contributed by atoms with Gasteiger partial charge < -0.3 is 25.2 Å². The van der Waals surface area contributed by atoms with Gasteiger partial charge in [-0.15, -0.1) is 11.3 Å². The van der Waals surface area contributed by atoms with Crippen molar-refractivity contribution in [1.29, 1.82) is 0 Å². The lowest BCUT2D eigenvalue weighted by Crippen LogP contribution is -2.38. The van der Waals surface area contributed by atoms with Crippen LogP contribution >= 0.6 is 23.6 Å². The summed E-state index contributed by atoms with van der Waals surface area (Å²) >= 11 is 6.15. The van der Waals surface area contributed by atoms with Gasteiger partial charge in [0, 0.05) is 19.4 Å². The van der Waals surface area contributed by atoms with Crippen LogP contribution in [-0.2, 0) is 33.9 Å². The number of thiazole rings is 1. The molecule has 2 atom stereocenters. The SMILES string of the molecule is O=C(O)CCCn1c(O)c(CC(=O)C(O)C(O)COCc2ccccc2)sc1=S. The molecule has 8 nitrogen and oxygen atoms in total. The van der Waals surface area contributed by atoms with Crippen molar-refractivity contribution in [1.82, 2.24) is 4.57 Å². The summed E-state index contributed by atoms with van der Waals surface area (Å²) in [5, 5.41) is 39.0. The Kier molecular flexibility index (Phi) is 8.93. The van der Waals surface area contributed by atoms with Crippen LogP contribution in [0.1, 0.15) is 23.3 Å². The molecule has 0 aliphatic rings. The minimum absolute atomic E-state index is 0.0702. The van der Waals surface area contributed by atoms with E-state index in [1.54, 1.807) is 0 Å². The fraction of sp³-hybridized carbons (Fsp3) is 0.421. The van der Waals surface area contributed by atoms with Crippen LogP contribution in [0.4, 0.5) is 0 Å². The number of hydrogen-bond donors (Lipinski definition) is 4. The van der Waals surface area contributed by atoms with Crippen molar-refractivity contribution >= 4 is 35.3 Å². The molecule has 0 fully saturated rings. The molecule has 0 spiro atoms. The van der Waals surface area contributed by atoms with E-state index in [0.717, 1.165) is 16.9 Å². The van der Waals surface area contributed by atoms with E-state index in [-0.39, 0.29) is 49.8 Å². The first kappa shape index (κ1) is 23.2. The average Bonchev–Trinajstić information content (AvgIpc) is 2.95. The zero-order valence-electron chi connectivity index (χ0n) is 15.6. The van der Waals surface area contributed by atoms with Gasteiger partial charge >= 0.3 is 5.97 Å². The number of aliphatic hydroxyl groups is 2. The number of benzene rings is 1. The van der Waals surface area contributed by atoms with Crippen molar-refractivity contribution in [3.05, 3.63) is 44.7 Å². The van der Waals surface area contributed by atoms with Crippen molar-refractivity contribution in [2.24, 2.45) is 0 Å². The topological polar surface area (TPSA) is 129 Å². The second kappa shape index (κ2) is 11.2. The first-order chi connectivity index (χ1) is 13.8. The largest absolute Gasteiger partial charge is 0.494 e. The molecular weight excluding hydrogens is 418 g/mol. The van der Waals surface area contributed by atoms with Crippen LogP contribution < -0.4 is 0 Å². The number of aliphatic carboxylic acids is 1. The monoisotopic (exact) mass is 441 g/mol. The van der Waals surface area contributed by atoms with Crippen molar-refractivity contribution < 1.29 is 34.8 Å². The zero-order valence-corrected chi connectivity index (χ0v) is 17.2. The molecule has 1 heterocycles. The van der Waals surface area contributed by atoms with Crippen LogP contribution in [0.25, 0.3) is 0 Å². The number of hydrogen-bond acceptors (Lipinski definition) is 8. The maximum atomic E-state index is 12.3. The van der Waals surface area contributed by atoms with E-state index >= 15 is 0 Å². The molecule has 0 amide bonds. The van der Waals surface area contributed by atoms with E-state index in [0.29, 0.717) is 3.95 Å². The Morgan fingerprint density at radius 1 is 1.21 bits per heavy atom. The molecule has 158 valence electrons. The molecular formula is C19H23NO7S2. The molecule has 10 heteroatoms. The summed E-state index contributed by atoms with van der Waals surface area (Å²) in [4.78, 5) is 23.1. The third-order valence-electron chi connectivity index (χ3n) is 4.14. The Morgan fingerprint density at radius 3 is 2.55 bits per heavy atom. The van der Waals surface area contributed by atoms with Crippen LogP contribution in [0.3, 0.4) is 0 Å². The van der Waals surface area contributed by atoms with Crippen LogP contribution in [0, 0.1) is 3.95 Å². The highest BCUT2D eigenvalue weighted by molar-refractivity contribution is 7.73. The molecule has 4 N–H and O–H groups in total. The lowest BCUT2D eigenvalue weighted by Gasteiger charge is -2.16. The lowest BCUT2D eigenvalue weighted by atomic mass is 10.1. The average molecular weight is 442 g/mol. The maximum absolute atomic E-state index is 12.3. The van der Waals surface area contributed by atoms with Gasteiger partial charge in [0.15, 0.2) is 9.74 Å². The van der Waals surface area contributed by atoms with E-state index in [9.17, 15) is 24.9 Å². The number of aromatic nitrogens is 1. The molecule has 2 unspecified atom stereocenters. The number of carbonyl (C=O) groups excluding carboxylic acids is 1. The zero-order chi connectivity index (χ0) is 21.4. The number of ketones is 1. The summed E-state index contributed by atoms with van der Waals surface area (Å²) in [5.41, 5.74) is 0.898. The van der Waals surface area contributed by atoms with E-state index < -0.39 is 24.0 Å². The fourth-order valence-corrected chi connectivity index (χ4v) is 3.98. The summed E-state index contributed by atoms with van der Waals surface area (Å²) in [5.74, 6) is -1.85. The Labute approximate surface area is 176 Å². The summed E-state index contributed by atoms with van der Waals surface area (Å²) in [6.45, 7) is 0.222. The first-order valence-electron chi connectivity index (χ1n) is 8.93. The van der Waals surface area contributed by atoms with Crippen LogP contribution in [-0.4, -0.2) is 55.6 Å². The molecule has 0 aliphatic heterocycles. The minimum atomic E-state index is -1.67. The first-order valence-corrected chi connectivity index (χ1v) is 10.2. The number of aromatic hydroxyl groups is 1. The van der Waals surface area contributed by atoms with Crippen LogP contribution in [0.15, 0.2) is 30.3 Å². The number of carboxylic acid groups (broad SMARTS) is 1. The Morgan fingerprint density at radius 2 is 1.90 bits per heavy atom. The maximum Gasteiger partial charge on any atom is 0.303 e. The summed E-state index contributed by atoms with van der Waals surface area (Å²) < 4.78 is 7.00. The van der Waals surface area contributed by atoms with Crippen molar-refractivity contribution in [2.75, 3.05) is 6.61 Å². The molecule has 0 saturated heterocycles. The highest BCUT2D eigenvalue weighted by Crippen LogP contribution is 2.27. The van der Waals surface area contributed by atoms with E-state index in [2.05, 4.69) is 0 Å². The molecule has 1 aromatic heterocycles. The summed E-state index contributed by atoms with van der Waals surface area (Å²) in [7, 11) is 0. The van der Waals surface area contributed by atoms with Gasteiger partial charge in [0.1, 0.15) is 12.2 Å². The van der Waals surface area contributed by atoms with Crippen molar-refractivity contribution in [2.45, 2.75) is 44.6 Å². The Hall–Kier alpha value is -2.11. The second-order valence-corrected chi connectivity index (χ2v) is 8.15. The van der Waals surface area contributed by atoms with Gasteiger partial charge in [-0.1, -0.05) is 30.3 Å². The predicted molar refractivity (Wildman–Crippen MR) is 109 cm³/mol. The number of aliphatic hydroxyl groups excluding tert-OH is 2. The number of ether oxygens (including phenoxy) is 1.